The molecule has 1 aliphatic heterocycles. The van der Waals surface area contributed by atoms with Gasteiger partial charge < -0.3 is 5.73 Å². The van der Waals surface area contributed by atoms with Crippen molar-refractivity contribution < 1.29 is 0 Å². The molecule has 0 unspecified atom stereocenters. The number of nitrogens with two attached hydrogens (primary N) is 1. The fourth-order valence-corrected chi connectivity index (χ4v) is 2.49. The summed E-state index contributed by atoms with van der Waals surface area (Å²) in [7, 11) is 0. The van der Waals surface area contributed by atoms with E-state index in [0.717, 1.165) is 12.1 Å². The fourth-order valence-electron chi connectivity index (χ4n) is 1.30. The smallest absolute Gasteiger partial charge is 0.0414 e. The highest BCUT2D eigenvalue weighted by Gasteiger charge is 2.20. The molecule has 0 atom stereocenters. The van der Waals surface area contributed by atoms with E-state index in [1.807, 2.05) is 11.8 Å². The summed E-state index contributed by atoms with van der Waals surface area (Å²) < 4.78 is 0. The van der Waals surface area contributed by atoms with Gasteiger partial charge >= 0.3 is 0 Å². The largest absolute Gasteiger partial charge is 0.398 e. The average Bonchev–Trinajstić information content (AvgIpc) is 2.35. The minimum atomic E-state index is 1.02. The van der Waals surface area contributed by atoms with Gasteiger partial charge in [-0.15, -0.1) is 11.8 Å². The molecular weight excluding hydrogens is 130 g/mol. The maximum atomic E-state index is 5.70. The topological polar surface area (TPSA) is 26.0 Å². The second kappa shape index (κ2) is 1.81. The molecule has 48 valence electrons. The van der Waals surface area contributed by atoms with Gasteiger partial charge in [0.2, 0.25) is 0 Å². The van der Waals surface area contributed by atoms with E-state index in [9.17, 15) is 0 Å². The van der Waals surface area contributed by atoms with Crippen molar-refractivity contribution >= 4 is 11.8 Å². The molecule has 0 amide bonds. The lowest BCUT2D eigenvalue weighted by Crippen LogP contribution is -1.93. The minimum Gasteiger partial charge on any atom is -0.398 e. The molecular formula is C7H9NS. The van der Waals surface area contributed by atoms with Crippen LogP contribution in [0.4, 0.5) is 0 Å². The molecule has 1 heterocycles. The molecule has 2 heteroatoms. The first-order valence-electron chi connectivity index (χ1n) is 3.19. The van der Waals surface area contributed by atoms with Crippen LogP contribution < -0.4 is 5.73 Å². The third-order valence-electron chi connectivity index (χ3n) is 1.80. The summed E-state index contributed by atoms with van der Waals surface area (Å²) >= 11 is 1.91. The second-order valence-corrected chi connectivity index (χ2v) is 3.50. The van der Waals surface area contributed by atoms with Crippen LogP contribution >= 0.6 is 11.8 Å². The number of hydrogen-bond acceptors (Lipinski definition) is 2. The van der Waals surface area contributed by atoms with Crippen LogP contribution in [0.1, 0.15) is 12.8 Å². The van der Waals surface area contributed by atoms with Crippen LogP contribution in [0.15, 0.2) is 22.3 Å². The fraction of sp³-hybridized carbons (Fsp3) is 0.429. The van der Waals surface area contributed by atoms with Crippen molar-refractivity contribution in [3.63, 3.8) is 0 Å². The van der Waals surface area contributed by atoms with Crippen LogP contribution in [-0.4, -0.2) is 5.75 Å². The lowest BCUT2D eigenvalue weighted by molar-refractivity contribution is 1.08. The molecule has 2 N–H and O–H groups in total. The Morgan fingerprint density at radius 1 is 1.56 bits per heavy atom. The monoisotopic (exact) mass is 139 g/mol. The van der Waals surface area contributed by atoms with Crippen LogP contribution in [0.2, 0.25) is 0 Å². The van der Waals surface area contributed by atoms with Gasteiger partial charge in [-0.25, -0.2) is 0 Å². The molecule has 0 saturated carbocycles. The Kier molecular flexibility index (Phi) is 1.09. The van der Waals surface area contributed by atoms with Gasteiger partial charge in [0.25, 0.3) is 0 Å². The van der Waals surface area contributed by atoms with Crippen LogP contribution in [-0.2, 0) is 0 Å². The zero-order valence-corrected chi connectivity index (χ0v) is 6.00. The van der Waals surface area contributed by atoms with Crippen molar-refractivity contribution in [1.82, 2.24) is 0 Å². The third kappa shape index (κ3) is 0.697. The Morgan fingerprint density at radius 3 is 3.22 bits per heavy atom. The summed E-state index contributed by atoms with van der Waals surface area (Å²) in [6.07, 6.45) is 4.50. The van der Waals surface area contributed by atoms with E-state index in [1.165, 1.54) is 17.1 Å². The normalized spacial score (nSPS) is 24.7. The molecule has 0 fully saturated rings. The first-order valence-corrected chi connectivity index (χ1v) is 4.17. The summed E-state index contributed by atoms with van der Waals surface area (Å²) in [5.41, 5.74) is 8.29. The van der Waals surface area contributed by atoms with Crippen molar-refractivity contribution in [3.05, 3.63) is 22.3 Å². The van der Waals surface area contributed by atoms with Gasteiger partial charge in [0.05, 0.1) is 0 Å². The molecule has 2 aliphatic rings. The van der Waals surface area contributed by atoms with Crippen LogP contribution in [0.25, 0.3) is 0 Å². The summed E-state index contributed by atoms with van der Waals surface area (Å²) in [5, 5.41) is 0. The van der Waals surface area contributed by atoms with Crippen LogP contribution in [0.3, 0.4) is 0 Å². The zero-order valence-electron chi connectivity index (χ0n) is 5.18. The van der Waals surface area contributed by atoms with Crippen molar-refractivity contribution in [2.24, 2.45) is 5.73 Å². The highest BCUT2D eigenvalue weighted by Crippen LogP contribution is 2.40. The minimum absolute atomic E-state index is 1.02. The van der Waals surface area contributed by atoms with E-state index in [0.29, 0.717) is 0 Å². The highest BCUT2D eigenvalue weighted by molar-refractivity contribution is 8.03. The molecule has 9 heavy (non-hydrogen) atoms. The predicted octanol–water partition coefficient (Wildman–Crippen LogP) is 1.62. The summed E-state index contributed by atoms with van der Waals surface area (Å²) in [5.74, 6) is 1.25. The molecule has 0 aromatic heterocycles. The standard InChI is InChI=1S/C7H9NS/c8-6-2-1-5-3-4-9-7(5)6/h2H,1,3-4,8H2. The molecule has 0 spiro atoms. The predicted molar refractivity (Wildman–Crippen MR) is 41.0 cm³/mol. The van der Waals surface area contributed by atoms with Gasteiger partial charge in [0.1, 0.15) is 0 Å². The molecule has 0 aromatic carbocycles. The molecule has 2 rings (SSSR count). The molecule has 1 aliphatic carbocycles. The Hall–Kier alpha value is -0.370. The first kappa shape index (κ1) is 5.42. The van der Waals surface area contributed by atoms with Gasteiger partial charge in [0.15, 0.2) is 0 Å². The molecule has 0 radical (unpaired) electrons. The summed E-state index contributed by atoms with van der Waals surface area (Å²) in [4.78, 5) is 1.38. The molecule has 0 bridgehead atoms. The number of thioether (sulfide) groups is 1. The van der Waals surface area contributed by atoms with Gasteiger partial charge in [0, 0.05) is 16.4 Å². The van der Waals surface area contributed by atoms with E-state index in [2.05, 4.69) is 6.08 Å². The third-order valence-corrected chi connectivity index (χ3v) is 3.02. The molecule has 0 aromatic rings. The van der Waals surface area contributed by atoms with E-state index >= 15 is 0 Å². The number of allylic oxidation sites excluding steroid dienone is 2. The SMILES string of the molecule is NC1=CCC2=C1SCC2. The number of hydrogen-bond donors (Lipinski definition) is 1. The lowest BCUT2D eigenvalue weighted by Gasteiger charge is -1.94. The van der Waals surface area contributed by atoms with Crippen LogP contribution in [0.5, 0.6) is 0 Å². The molecule has 1 nitrogen and oxygen atoms in total. The molecule has 0 saturated heterocycles. The Labute approximate surface area is 59.0 Å². The van der Waals surface area contributed by atoms with E-state index in [4.69, 9.17) is 5.73 Å². The van der Waals surface area contributed by atoms with Crippen LogP contribution in [0, 0.1) is 0 Å². The summed E-state index contributed by atoms with van der Waals surface area (Å²) in [6, 6.07) is 0. The van der Waals surface area contributed by atoms with E-state index in [-0.39, 0.29) is 0 Å². The highest BCUT2D eigenvalue weighted by atomic mass is 32.2. The first-order chi connectivity index (χ1) is 4.38. The Balaban J connectivity index is 2.35. The van der Waals surface area contributed by atoms with Gasteiger partial charge in [-0.05, 0) is 18.4 Å². The average molecular weight is 139 g/mol. The van der Waals surface area contributed by atoms with Gasteiger partial charge in [-0.1, -0.05) is 6.08 Å². The zero-order chi connectivity index (χ0) is 6.27. The van der Waals surface area contributed by atoms with Crippen molar-refractivity contribution in [2.45, 2.75) is 12.8 Å². The lowest BCUT2D eigenvalue weighted by atomic mass is 10.2. The Morgan fingerprint density at radius 2 is 2.44 bits per heavy atom. The maximum Gasteiger partial charge on any atom is 0.0414 e. The maximum absolute atomic E-state index is 5.70. The van der Waals surface area contributed by atoms with Crippen molar-refractivity contribution in [3.8, 4) is 0 Å². The van der Waals surface area contributed by atoms with E-state index < -0.39 is 0 Å². The van der Waals surface area contributed by atoms with Crippen molar-refractivity contribution in [1.29, 1.82) is 0 Å². The second-order valence-electron chi connectivity index (χ2n) is 2.39. The Bertz CT molecular complexity index is 203. The number of rotatable bonds is 0. The van der Waals surface area contributed by atoms with Crippen molar-refractivity contribution in [2.75, 3.05) is 5.75 Å². The summed E-state index contributed by atoms with van der Waals surface area (Å²) in [6.45, 7) is 0. The van der Waals surface area contributed by atoms with Gasteiger partial charge in [-0.3, -0.25) is 0 Å². The quantitative estimate of drug-likeness (QED) is 0.552. The van der Waals surface area contributed by atoms with Gasteiger partial charge in [-0.2, -0.15) is 0 Å². The van der Waals surface area contributed by atoms with E-state index in [1.54, 1.807) is 5.57 Å².